The first-order chi connectivity index (χ1) is 10.6. The molecule has 0 spiro atoms. The van der Waals surface area contributed by atoms with E-state index >= 15 is 0 Å². The smallest absolute Gasteiger partial charge is 0.343 e. The highest BCUT2D eigenvalue weighted by Crippen LogP contribution is 2.24. The summed E-state index contributed by atoms with van der Waals surface area (Å²) in [6.07, 6.45) is 0. The van der Waals surface area contributed by atoms with Crippen LogP contribution in [0.2, 0.25) is 0 Å². The Balaban J connectivity index is 1.89. The van der Waals surface area contributed by atoms with Gasteiger partial charge in [-0.05, 0) is 37.3 Å². The van der Waals surface area contributed by atoms with Crippen molar-refractivity contribution in [1.29, 1.82) is 0 Å². The highest BCUT2D eigenvalue weighted by Gasteiger charge is 2.34. The predicted molar refractivity (Wildman–Crippen MR) is 78.9 cm³/mol. The van der Waals surface area contributed by atoms with E-state index in [2.05, 4.69) is 0 Å². The maximum atomic E-state index is 12.1. The Labute approximate surface area is 127 Å². The summed E-state index contributed by atoms with van der Waals surface area (Å²) in [5.41, 5.74) is 0.805. The monoisotopic (exact) mass is 295 g/mol. The van der Waals surface area contributed by atoms with Gasteiger partial charge in [0.1, 0.15) is 5.75 Å². The topological polar surface area (TPSA) is 63.7 Å². The molecule has 0 unspecified atom stereocenters. The van der Waals surface area contributed by atoms with Gasteiger partial charge in [-0.2, -0.15) is 0 Å². The molecule has 0 fully saturated rings. The van der Waals surface area contributed by atoms with Gasteiger partial charge in [-0.1, -0.05) is 18.2 Å². The van der Waals surface area contributed by atoms with Crippen LogP contribution in [0, 0.1) is 0 Å². The Morgan fingerprint density at radius 3 is 2.36 bits per heavy atom. The van der Waals surface area contributed by atoms with Crippen molar-refractivity contribution in [2.45, 2.75) is 6.92 Å². The van der Waals surface area contributed by atoms with Crippen LogP contribution in [0.25, 0.3) is 0 Å². The molecule has 0 saturated heterocycles. The van der Waals surface area contributed by atoms with E-state index < -0.39 is 5.97 Å². The average molecular weight is 295 g/mol. The summed E-state index contributed by atoms with van der Waals surface area (Å²) in [6, 6.07) is 13.1. The number of nitrogens with zero attached hydrogens (tertiary/aromatic N) is 1. The number of amides is 2. The van der Waals surface area contributed by atoms with Crippen LogP contribution < -0.4 is 4.74 Å². The number of esters is 1. The maximum absolute atomic E-state index is 12.1. The molecule has 22 heavy (non-hydrogen) atoms. The fraction of sp³-hybridized carbons (Fsp3) is 0.118. The largest absolute Gasteiger partial charge is 0.423 e. The van der Waals surface area contributed by atoms with Crippen molar-refractivity contribution in [2.24, 2.45) is 0 Å². The minimum Gasteiger partial charge on any atom is -0.423 e. The molecule has 0 atom stereocenters. The van der Waals surface area contributed by atoms with E-state index in [1.807, 2.05) is 6.07 Å². The van der Waals surface area contributed by atoms with Crippen molar-refractivity contribution in [3.8, 4) is 5.75 Å². The summed E-state index contributed by atoms with van der Waals surface area (Å²) >= 11 is 0. The van der Waals surface area contributed by atoms with E-state index in [0.29, 0.717) is 17.9 Å². The second kappa shape index (κ2) is 5.44. The molecule has 0 saturated carbocycles. The SMILES string of the molecule is CCN1C(=O)c2ccc(C(=O)Oc3ccccc3)cc2C1=O. The minimum absolute atomic E-state index is 0.238. The van der Waals surface area contributed by atoms with Crippen LogP contribution in [-0.4, -0.2) is 29.2 Å². The normalized spacial score (nSPS) is 13.2. The second-order valence-corrected chi connectivity index (χ2v) is 4.82. The molecule has 0 bridgehead atoms. The van der Waals surface area contributed by atoms with Gasteiger partial charge in [0, 0.05) is 6.54 Å². The first-order valence-electron chi connectivity index (χ1n) is 6.89. The Bertz CT molecular complexity index is 767. The molecule has 5 nitrogen and oxygen atoms in total. The van der Waals surface area contributed by atoms with Gasteiger partial charge in [-0.25, -0.2) is 4.79 Å². The molecule has 3 rings (SSSR count). The Hall–Kier alpha value is -2.95. The van der Waals surface area contributed by atoms with Crippen LogP contribution in [0.5, 0.6) is 5.75 Å². The standard InChI is InChI=1S/C17H13NO4/c1-2-18-15(19)13-9-8-11(10-14(13)16(18)20)17(21)22-12-6-4-3-5-7-12/h3-10H,2H2,1H3. The molecular weight excluding hydrogens is 282 g/mol. The van der Waals surface area contributed by atoms with E-state index in [1.54, 1.807) is 31.2 Å². The highest BCUT2D eigenvalue weighted by atomic mass is 16.5. The lowest BCUT2D eigenvalue weighted by Crippen LogP contribution is -2.29. The molecule has 0 aliphatic carbocycles. The van der Waals surface area contributed by atoms with Crippen LogP contribution >= 0.6 is 0 Å². The summed E-state index contributed by atoms with van der Waals surface area (Å²) in [5.74, 6) is -0.850. The van der Waals surface area contributed by atoms with E-state index in [9.17, 15) is 14.4 Å². The van der Waals surface area contributed by atoms with E-state index in [0.717, 1.165) is 4.90 Å². The quantitative estimate of drug-likeness (QED) is 0.496. The van der Waals surface area contributed by atoms with Gasteiger partial charge >= 0.3 is 5.97 Å². The molecular formula is C17H13NO4. The van der Waals surface area contributed by atoms with Gasteiger partial charge in [0.05, 0.1) is 16.7 Å². The number of ether oxygens (including phenoxy) is 1. The van der Waals surface area contributed by atoms with E-state index in [4.69, 9.17) is 4.74 Å². The van der Waals surface area contributed by atoms with Crippen molar-refractivity contribution in [2.75, 3.05) is 6.54 Å². The maximum Gasteiger partial charge on any atom is 0.343 e. The highest BCUT2D eigenvalue weighted by molar-refractivity contribution is 6.21. The first-order valence-corrected chi connectivity index (χ1v) is 6.89. The van der Waals surface area contributed by atoms with Gasteiger partial charge in [0.2, 0.25) is 0 Å². The predicted octanol–water partition coefficient (Wildman–Crippen LogP) is 2.52. The lowest BCUT2D eigenvalue weighted by molar-refractivity contribution is 0.0662. The van der Waals surface area contributed by atoms with Gasteiger partial charge in [-0.3, -0.25) is 14.5 Å². The van der Waals surface area contributed by atoms with Crippen LogP contribution in [-0.2, 0) is 0 Å². The van der Waals surface area contributed by atoms with Crippen LogP contribution in [0.1, 0.15) is 38.0 Å². The number of hydrogen-bond acceptors (Lipinski definition) is 4. The van der Waals surface area contributed by atoms with Crippen LogP contribution in [0.15, 0.2) is 48.5 Å². The summed E-state index contributed by atoms with van der Waals surface area (Å²) in [6.45, 7) is 2.03. The van der Waals surface area contributed by atoms with E-state index in [1.165, 1.54) is 18.2 Å². The zero-order valence-electron chi connectivity index (χ0n) is 11.9. The minimum atomic E-state index is -0.566. The van der Waals surface area contributed by atoms with Crippen molar-refractivity contribution < 1.29 is 19.1 Å². The molecule has 2 aromatic rings. The van der Waals surface area contributed by atoms with Crippen LogP contribution in [0.4, 0.5) is 0 Å². The Kier molecular flexibility index (Phi) is 3.47. The Morgan fingerprint density at radius 1 is 1.00 bits per heavy atom. The van der Waals surface area contributed by atoms with Gasteiger partial charge < -0.3 is 4.74 Å². The van der Waals surface area contributed by atoms with Crippen molar-refractivity contribution in [1.82, 2.24) is 4.90 Å². The molecule has 110 valence electrons. The zero-order valence-corrected chi connectivity index (χ0v) is 11.9. The number of para-hydroxylation sites is 1. The molecule has 5 heteroatoms. The molecule has 0 radical (unpaired) electrons. The van der Waals surface area contributed by atoms with E-state index in [-0.39, 0.29) is 22.9 Å². The summed E-state index contributed by atoms with van der Waals surface area (Å²) in [7, 11) is 0. The molecule has 2 amide bonds. The summed E-state index contributed by atoms with van der Waals surface area (Å²) < 4.78 is 5.23. The third-order valence-corrected chi connectivity index (χ3v) is 3.48. The number of benzene rings is 2. The van der Waals surface area contributed by atoms with Gasteiger partial charge in [0.25, 0.3) is 11.8 Å². The van der Waals surface area contributed by atoms with Gasteiger partial charge in [0.15, 0.2) is 0 Å². The number of fused-ring (bicyclic) bond motifs is 1. The molecule has 1 aliphatic rings. The number of carbonyl (C=O) groups excluding carboxylic acids is 3. The second-order valence-electron chi connectivity index (χ2n) is 4.82. The summed E-state index contributed by atoms with van der Waals surface area (Å²) in [4.78, 5) is 37.4. The number of hydrogen-bond donors (Lipinski definition) is 0. The average Bonchev–Trinajstić information content (AvgIpc) is 2.79. The van der Waals surface area contributed by atoms with Gasteiger partial charge in [-0.15, -0.1) is 0 Å². The number of imide groups is 1. The van der Waals surface area contributed by atoms with Crippen molar-refractivity contribution in [3.05, 3.63) is 65.2 Å². The van der Waals surface area contributed by atoms with Crippen molar-refractivity contribution in [3.63, 3.8) is 0 Å². The molecule has 0 N–H and O–H groups in total. The molecule has 1 aliphatic heterocycles. The number of rotatable bonds is 3. The zero-order chi connectivity index (χ0) is 15.7. The fourth-order valence-corrected chi connectivity index (χ4v) is 2.36. The molecule has 0 aromatic heterocycles. The summed E-state index contributed by atoms with van der Waals surface area (Å²) in [5, 5.41) is 0. The van der Waals surface area contributed by atoms with Crippen LogP contribution in [0.3, 0.4) is 0 Å². The first kappa shape index (κ1) is 14.0. The Morgan fingerprint density at radius 2 is 1.68 bits per heavy atom. The molecule has 2 aromatic carbocycles. The third-order valence-electron chi connectivity index (χ3n) is 3.48. The van der Waals surface area contributed by atoms with Crippen molar-refractivity contribution >= 4 is 17.8 Å². The third kappa shape index (κ3) is 2.26. The fourth-order valence-electron chi connectivity index (χ4n) is 2.36. The lowest BCUT2D eigenvalue weighted by atomic mass is 10.1. The number of carbonyl (C=O) groups is 3. The molecule has 1 heterocycles. The lowest BCUT2D eigenvalue weighted by Gasteiger charge is -2.08.